The lowest BCUT2D eigenvalue weighted by molar-refractivity contribution is 0.0995. The van der Waals surface area contributed by atoms with Gasteiger partial charge in [0.25, 0.3) is 5.91 Å². The molecule has 0 aliphatic heterocycles. The van der Waals surface area contributed by atoms with Crippen LogP contribution >= 0.6 is 11.3 Å². The lowest BCUT2D eigenvalue weighted by Gasteiger charge is -2.09. The van der Waals surface area contributed by atoms with Crippen molar-refractivity contribution in [3.8, 4) is 6.07 Å². The van der Waals surface area contributed by atoms with Crippen molar-refractivity contribution in [2.75, 3.05) is 5.32 Å². The van der Waals surface area contributed by atoms with Crippen molar-refractivity contribution in [1.29, 1.82) is 5.26 Å². The summed E-state index contributed by atoms with van der Waals surface area (Å²) in [5.41, 5.74) is 1.71. The number of aromatic nitrogens is 2. The van der Waals surface area contributed by atoms with Gasteiger partial charge in [0.1, 0.15) is 16.8 Å². The van der Waals surface area contributed by atoms with Crippen LogP contribution < -0.4 is 5.32 Å². The molecule has 25 heavy (non-hydrogen) atoms. The minimum absolute atomic E-state index is 0.234. The molecule has 1 aliphatic carbocycles. The molecule has 3 heterocycles. The molecule has 4 rings (SSSR count). The molecule has 0 bridgehead atoms. The Kier molecular flexibility index (Phi) is 4.12. The monoisotopic (exact) mass is 352 g/mol. The maximum atomic E-state index is 12.5. The van der Waals surface area contributed by atoms with Crippen molar-refractivity contribution < 1.29 is 9.21 Å². The number of amides is 1. The summed E-state index contributed by atoms with van der Waals surface area (Å²) in [5, 5.41) is 17.1. The molecule has 0 saturated carbocycles. The first-order chi connectivity index (χ1) is 12.2. The number of hydrogen-bond donors (Lipinski definition) is 1. The summed E-state index contributed by atoms with van der Waals surface area (Å²) in [7, 11) is 0. The van der Waals surface area contributed by atoms with E-state index in [4.69, 9.17) is 4.42 Å². The smallest absolute Gasteiger partial charge is 0.292 e. The van der Waals surface area contributed by atoms with Gasteiger partial charge < -0.3 is 9.73 Å². The number of furan rings is 1. The van der Waals surface area contributed by atoms with Crippen LogP contribution in [-0.4, -0.2) is 15.7 Å². The maximum absolute atomic E-state index is 12.5. The topological polar surface area (TPSA) is 83.9 Å². The van der Waals surface area contributed by atoms with Gasteiger partial charge in [0, 0.05) is 17.3 Å². The molecule has 7 heteroatoms. The van der Waals surface area contributed by atoms with Crippen LogP contribution in [0.25, 0.3) is 0 Å². The molecule has 0 spiro atoms. The third kappa shape index (κ3) is 3.08. The van der Waals surface area contributed by atoms with Gasteiger partial charge in [0.2, 0.25) is 0 Å². The van der Waals surface area contributed by atoms with E-state index < -0.39 is 0 Å². The Morgan fingerprint density at radius 2 is 2.28 bits per heavy atom. The zero-order valence-corrected chi connectivity index (χ0v) is 14.3. The highest BCUT2D eigenvalue weighted by Gasteiger charge is 2.23. The highest BCUT2D eigenvalue weighted by Crippen LogP contribution is 2.37. The van der Waals surface area contributed by atoms with Gasteiger partial charge in [-0.15, -0.1) is 11.3 Å². The van der Waals surface area contributed by atoms with Crippen molar-refractivity contribution in [3.05, 3.63) is 58.1 Å². The second-order valence-corrected chi connectivity index (χ2v) is 7.06. The van der Waals surface area contributed by atoms with Gasteiger partial charge in [0.15, 0.2) is 5.76 Å². The van der Waals surface area contributed by atoms with E-state index in [0.29, 0.717) is 22.9 Å². The Bertz CT molecular complexity index is 947. The molecule has 0 unspecified atom stereocenters. The molecule has 6 nitrogen and oxygen atoms in total. The Morgan fingerprint density at radius 1 is 1.40 bits per heavy atom. The average molecular weight is 352 g/mol. The van der Waals surface area contributed by atoms with Crippen LogP contribution in [0.1, 0.15) is 45.2 Å². The van der Waals surface area contributed by atoms with E-state index in [1.54, 1.807) is 23.0 Å². The maximum Gasteiger partial charge on any atom is 0.292 e. The minimum Gasteiger partial charge on any atom is -0.454 e. The van der Waals surface area contributed by atoms with Crippen molar-refractivity contribution >= 4 is 22.2 Å². The molecule has 1 amide bonds. The molecule has 0 fully saturated rings. The van der Waals surface area contributed by atoms with Gasteiger partial charge in [-0.3, -0.25) is 9.48 Å². The summed E-state index contributed by atoms with van der Waals surface area (Å²) in [4.78, 5) is 13.7. The van der Waals surface area contributed by atoms with Crippen LogP contribution in [0.3, 0.4) is 0 Å². The number of aryl methyl sites for hydroxylation is 1. The molecule has 3 aromatic heterocycles. The molecular weight excluding hydrogens is 336 g/mol. The fourth-order valence-electron chi connectivity index (χ4n) is 3.08. The summed E-state index contributed by atoms with van der Waals surface area (Å²) < 4.78 is 7.34. The number of nitrogens with zero attached hydrogens (tertiary/aromatic N) is 3. The van der Waals surface area contributed by atoms with Gasteiger partial charge >= 0.3 is 0 Å². The summed E-state index contributed by atoms with van der Waals surface area (Å²) in [6.07, 6.45) is 7.66. The summed E-state index contributed by atoms with van der Waals surface area (Å²) in [6, 6.07) is 7.49. The SMILES string of the molecule is N#Cc1c(NC(=O)c2ccc(Cn3cccn3)o2)sc2c1CCCC2. The summed E-state index contributed by atoms with van der Waals surface area (Å²) in [6.45, 7) is 0.469. The van der Waals surface area contributed by atoms with E-state index in [9.17, 15) is 10.1 Å². The average Bonchev–Trinajstić information content (AvgIpc) is 3.34. The zero-order valence-electron chi connectivity index (χ0n) is 13.5. The third-order valence-corrected chi connectivity index (χ3v) is 5.48. The number of hydrogen-bond acceptors (Lipinski definition) is 5. The standard InChI is InChI=1S/C18H16N4O2S/c19-10-14-13-4-1-2-5-16(13)25-18(14)21-17(23)15-7-6-12(24-15)11-22-9-3-8-20-22/h3,6-9H,1-2,4-5,11H2,(H,21,23). The fourth-order valence-corrected chi connectivity index (χ4v) is 4.31. The van der Waals surface area contributed by atoms with Crippen LogP contribution in [0.15, 0.2) is 35.0 Å². The number of nitriles is 1. The van der Waals surface area contributed by atoms with E-state index >= 15 is 0 Å². The van der Waals surface area contributed by atoms with Crippen molar-refractivity contribution in [2.24, 2.45) is 0 Å². The first-order valence-corrected chi connectivity index (χ1v) is 8.98. The Morgan fingerprint density at radius 3 is 3.08 bits per heavy atom. The lowest BCUT2D eigenvalue weighted by Crippen LogP contribution is -2.11. The Balaban J connectivity index is 1.52. The van der Waals surface area contributed by atoms with Gasteiger partial charge in [-0.25, -0.2) is 0 Å². The van der Waals surface area contributed by atoms with Gasteiger partial charge in [-0.2, -0.15) is 10.4 Å². The van der Waals surface area contributed by atoms with E-state index in [0.717, 1.165) is 31.2 Å². The number of fused-ring (bicyclic) bond motifs is 1. The number of carbonyl (C=O) groups excluding carboxylic acids is 1. The van der Waals surface area contributed by atoms with Crippen LogP contribution in [0, 0.1) is 11.3 Å². The number of rotatable bonds is 4. The lowest BCUT2D eigenvalue weighted by atomic mass is 9.96. The van der Waals surface area contributed by atoms with E-state index in [1.807, 2.05) is 12.3 Å². The van der Waals surface area contributed by atoms with Gasteiger partial charge in [-0.05, 0) is 49.4 Å². The molecule has 0 aromatic carbocycles. The van der Waals surface area contributed by atoms with E-state index in [-0.39, 0.29) is 11.7 Å². The molecule has 0 radical (unpaired) electrons. The molecular formula is C18H16N4O2S. The normalized spacial score (nSPS) is 13.2. The summed E-state index contributed by atoms with van der Waals surface area (Å²) >= 11 is 1.51. The number of carbonyl (C=O) groups is 1. The fraction of sp³-hybridized carbons (Fsp3) is 0.278. The molecule has 0 saturated heterocycles. The second kappa shape index (κ2) is 6.57. The van der Waals surface area contributed by atoms with E-state index in [2.05, 4.69) is 16.5 Å². The van der Waals surface area contributed by atoms with E-state index in [1.165, 1.54) is 16.2 Å². The predicted molar refractivity (Wildman–Crippen MR) is 93.7 cm³/mol. The van der Waals surface area contributed by atoms with Crippen molar-refractivity contribution in [2.45, 2.75) is 32.2 Å². The Hall–Kier alpha value is -2.85. The molecule has 126 valence electrons. The summed E-state index contributed by atoms with van der Waals surface area (Å²) in [5.74, 6) is 0.555. The number of nitrogens with one attached hydrogen (secondary N) is 1. The quantitative estimate of drug-likeness (QED) is 0.778. The zero-order chi connectivity index (χ0) is 17.2. The largest absolute Gasteiger partial charge is 0.454 e. The molecule has 1 aliphatic rings. The Labute approximate surface area is 148 Å². The predicted octanol–water partition coefficient (Wildman–Crippen LogP) is 3.59. The minimum atomic E-state index is -0.332. The number of thiophene rings is 1. The van der Waals surface area contributed by atoms with Crippen molar-refractivity contribution in [3.63, 3.8) is 0 Å². The third-order valence-electron chi connectivity index (χ3n) is 4.27. The number of anilines is 1. The van der Waals surface area contributed by atoms with Crippen LogP contribution in [0.2, 0.25) is 0 Å². The first-order valence-electron chi connectivity index (χ1n) is 8.16. The second-order valence-electron chi connectivity index (χ2n) is 5.95. The van der Waals surface area contributed by atoms with Gasteiger partial charge in [-0.1, -0.05) is 0 Å². The molecule has 3 aromatic rings. The van der Waals surface area contributed by atoms with Crippen LogP contribution in [0.4, 0.5) is 5.00 Å². The highest BCUT2D eigenvalue weighted by atomic mass is 32.1. The van der Waals surface area contributed by atoms with Crippen molar-refractivity contribution in [1.82, 2.24) is 9.78 Å². The molecule has 1 N–H and O–H groups in total. The van der Waals surface area contributed by atoms with Crippen LogP contribution in [0.5, 0.6) is 0 Å². The molecule has 0 atom stereocenters. The first kappa shape index (κ1) is 15.7. The van der Waals surface area contributed by atoms with Crippen LogP contribution in [-0.2, 0) is 19.4 Å². The highest BCUT2D eigenvalue weighted by molar-refractivity contribution is 7.16. The van der Waals surface area contributed by atoms with Gasteiger partial charge in [0.05, 0.1) is 12.1 Å².